The average molecular weight is 375 g/mol. The van der Waals surface area contributed by atoms with Gasteiger partial charge < -0.3 is 20.6 Å². The maximum atomic E-state index is 14.6. The van der Waals surface area contributed by atoms with Crippen LogP contribution in [0.2, 0.25) is 0 Å². The van der Waals surface area contributed by atoms with E-state index in [4.69, 9.17) is 0 Å². The van der Waals surface area contributed by atoms with E-state index < -0.39 is 12.4 Å². The van der Waals surface area contributed by atoms with Crippen LogP contribution in [0.3, 0.4) is 0 Å². The standard InChI is InChI=1S/C18H26FN7O/c1-10-6-15(25-24-10)22-17-16(19)14(9-27)21-18(23-17)26(2)13-7-11-4-3-5-12(8-13)20-11/h6,11-13,20,27H,3-5,7-9H2,1-2H3,(H2,21,22,23,24,25). The minimum Gasteiger partial charge on any atom is -0.390 e. The first-order valence-corrected chi connectivity index (χ1v) is 9.48. The van der Waals surface area contributed by atoms with Gasteiger partial charge in [0.25, 0.3) is 0 Å². The van der Waals surface area contributed by atoms with Crippen LogP contribution in [-0.4, -0.2) is 50.4 Å². The first-order valence-electron chi connectivity index (χ1n) is 9.48. The molecule has 2 aliphatic heterocycles. The SMILES string of the molecule is Cc1cc(Nc2nc(N(C)C3CC4CCCC(C3)N4)nc(CO)c2F)n[nH]1. The van der Waals surface area contributed by atoms with Gasteiger partial charge in [-0.25, -0.2) is 9.37 Å². The molecule has 8 nitrogen and oxygen atoms in total. The summed E-state index contributed by atoms with van der Waals surface area (Å²) in [6.07, 6.45) is 5.70. The van der Waals surface area contributed by atoms with Crippen LogP contribution in [0.5, 0.6) is 0 Å². The number of nitrogens with one attached hydrogen (secondary N) is 3. The van der Waals surface area contributed by atoms with Crippen molar-refractivity contribution in [3.05, 3.63) is 23.3 Å². The fraction of sp³-hybridized carbons (Fsp3) is 0.611. The highest BCUT2D eigenvalue weighted by Crippen LogP contribution is 2.30. The van der Waals surface area contributed by atoms with E-state index in [2.05, 4.69) is 30.8 Å². The summed E-state index contributed by atoms with van der Waals surface area (Å²) in [4.78, 5) is 10.7. The number of hydrogen-bond acceptors (Lipinski definition) is 7. The topological polar surface area (TPSA) is 102 Å². The van der Waals surface area contributed by atoms with Crippen molar-refractivity contribution in [2.45, 2.75) is 63.8 Å². The number of aromatic nitrogens is 4. The van der Waals surface area contributed by atoms with Crippen molar-refractivity contribution in [3.8, 4) is 0 Å². The number of aliphatic hydroxyl groups is 1. The predicted octanol–water partition coefficient (Wildman–Crippen LogP) is 1.99. The molecule has 4 heterocycles. The van der Waals surface area contributed by atoms with Gasteiger partial charge in [-0.15, -0.1) is 0 Å². The normalized spacial score (nSPS) is 24.7. The smallest absolute Gasteiger partial charge is 0.227 e. The maximum absolute atomic E-state index is 14.6. The zero-order chi connectivity index (χ0) is 19.0. The number of hydrogen-bond donors (Lipinski definition) is 4. The Balaban J connectivity index is 1.60. The Morgan fingerprint density at radius 2 is 2.04 bits per heavy atom. The fourth-order valence-electron chi connectivity index (χ4n) is 4.14. The molecule has 27 heavy (non-hydrogen) atoms. The van der Waals surface area contributed by atoms with E-state index in [1.54, 1.807) is 6.07 Å². The van der Waals surface area contributed by atoms with Gasteiger partial charge in [-0.3, -0.25) is 5.10 Å². The van der Waals surface area contributed by atoms with E-state index >= 15 is 0 Å². The number of rotatable bonds is 5. The van der Waals surface area contributed by atoms with Gasteiger partial charge in [0.15, 0.2) is 17.5 Å². The molecule has 2 unspecified atom stereocenters. The molecular formula is C18H26FN7O. The van der Waals surface area contributed by atoms with E-state index in [0.29, 0.717) is 29.9 Å². The minimum atomic E-state index is -0.655. The Hall–Kier alpha value is -2.26. The summed E-state index contributed by atoms with van der Waals surface area (Å²) < 4.78 is 14.6. The molecule has 2 bridgehead atoms. The van der Waals surface area contributed by atoms with Crippen LogP contribution in [0, 0.1) is 12.7 Å². The first kappa shape index (κ1) is 18.1. The Bertz CT molecular complexity index is 799. The van der Waals surface area contributed by atoms with Crippen LogP contribution >= 0.6 is 0 Å². The third kappa shape index (κ3) is 3.74. The quantitative estimate of drug-likeness (QED) is 0.634. The molecule has 9 heteroatoms. The van der Waals surface area contributed by atoms with Crippen molar-refractivity contribution < 1.29 is 9.50 Å². The predicted molar refractivity (Wildman–Crippen MR) is 101 cm³/mol. The van der Waals surface area contributed by atoms with Gasteiger partial charge in [0.05, 0.1) is 6.61 Å². The molecule has 2 saturated heterocycles. The van der Waals surface area contributed by atoms with Gasteiger partial charge >= 0.3 is 0 Å². The Kier molecular flexibility index (Phi) is 4.96. The molecule has 4 N–H and O–H groups in total. The first-order chi connectivity index (χ1) is 13.0. The van der Waals surface area contributed by atoms with Gasteiger partial charge in [-0.1, -0.05) is 6.42 Å². The van der Waals surface area contributed by atoms with Gasteiger partial charge in [0, 0.05) is 36.9 Å². The molecular weight excluding hydrogens is 349 g/mol. The number of aliphatic hydroxyl groups excluding tert-OH is 1. The number of aryl methyl sites for hydroxylation is 1. The molecule has 2 aliphatic rings. The second kappa shape index (κ2) is 7.40. The maximum Gasteiger partial charge on any atom is 0.227 e. The number of halogens is 1. The lowest BCUT2D eigenvalue weighted by atomic mass is 9.83. The molecule has 0 spiro atoms. The number of fused-ring (bicyclic) bond motifs is 2. The molecule has 146 valence electrons. The van der Waals surface area contributed by atoms with E-state index in [1.807, 2.05) is 18.9 Å². The van der Waals surface area contributed by atoms with Gasteiger partial charge in [-0.05, 0) is 32.6 Å². The molecule has 2 aromatic heterocycles. The zero-order valence-electron chi connectivity index (χ0n) is 15.7. The molecule has 0 radical (unpaired) electrons. The molecule has 2 fully saturated rings. The highest BCUT2D eigenvalue weighted by Gasteiger charge is 2.34. The number of anilines is 3. The molecule has 4 rings (SSSR count). The molecule has 0 aliphatic carbocycles. The van der Waals surface area contributed by atoms with E-state index in [9.17, 15) is 9.50 Å². The van der Waals surface area contributed by atoms with Gasteiger partial charge in [0.2, 0.25) is 5.95 Å². The van der Waals surface area contributed by atoms with Crippen molar-refractivity contribution in [2.75, 3.05) is 17.3 Å². The number of H-pyrrole nitrogens is 1. The van der Waals surface area contributed by atoms with Gasteiger partial charge in [-0.2, -0.15) is 10.1 Å². The lowest BCUT2D eigenvalue weighted by Crippen LogP contribution is -2.54. The van der Waals surface area contributed by atoms with Crippen LogP contribution < -0.4 is 15.5 Å². The minimum absolute atomic E-state index is 0.0178. The third-order valence-corrected chi connectivity index (χ3v) is 5.56. The molecule has 2 aromatic rings. The zero-order valence-corrected chi connectivity index (χ0v) is 15.7. The van der Waals surface area contributed by atoms with Crippen LogP contribution in [0.1, 0.15) is 43.5 Å². The Morgan fingerprint density at radius 1 is 1.30 bits per heavy atom. The lowest BCUT2D eigenvalue weighted by molar-refractivity contribution is 0.218. The number of aromatic amines is 1. The van der Waals surface area contributed by atoms with Crippen molar-refractivity contribution in [1.29, 1.82) is 0 Å². The number of piperidine rings is 2. The average Bonchev–Trinajstić information content (AvgIpc) is 3.07. The molecule has 2 atom stereocenters. The molecule has 0 aromatic carbocycles. The molecule has 0 saturated carbocycles. The van der Waals surface area contributed by atoms with Crippen molar-refractivity contribution in [2.24, 2.45) is 0 Å². The fourth-order valence-corrected chi connectivity index (χ4v) is 4.14. The molecule has 0 amide bonds. The second-order valence-corrected chi connectivity index (χ2v) is 7.58. The van der Waals surface area contributed by atoms with E-state index in [1.165, 1.54) is 19.3 Å². The third-order valence-electron chi connectivity index (χ3n) is 5.56. The number of nitrogens with zero attached hydrogens (tertiary/aromatic N) is 4. The summed E-state index contributed by atoms with van der Waals surface area (Å²) in [7, 11) is 1.95. The van der Waals surface area contributed by atoms with Crippen LogP contribution in [0.15, 0.2) is 6.07 Å². The van der Waals surface area contributed by atoms with Crippen LogP contribution in [0.4, 0.5) is 22.0 Å². The second-order valence-electron chi connectivity index (χ2n) is 7.58. The van der Waals surface area contributed by atoms with Crippen molar-refractivity contribution in [3.63, 3.8) is 0 Å². The Labute approximate surface area is 157 Å². The van der Waals surface area contributed by atoms with Crippen LogP contribution in [-0.2, 0) is 6.61 Å². The lowest BCUT2D eigenvalue weighted by Gasteiger charge is -2.43. The van der Waals surface area contributed by atoms with Crippen molar-refractivity contribution in [1.82, 2.24) is 25.5 Å². The highest BCUT2D eigenvalue weighted by molar-refractivity contribution is 5.55. The van der Waals surface area contributed by atoms with E-state index in [-0.39, 0.29) is 11.5 Å². The summed E-state index contributed by atoms with van der Waals surface area (Å²) >= 11 is 0. The summed E-state index contributed by atoms with van der Waals surface area (Å²) in [6.45, 7) is 1.38. The summed E-state index contributed by atoms with van der Waals surface area (Å²) in [5.41, 5.74) is 0.837. The van der Waals surface area contributed by atoms with Crippen LogP contribution in [0.25, 0.3) is 0 Å². The summed E-state index contributed by atoms with van der Waals surface area (Å²) in [5, 5.41) is 23.0. The monoisotopic (exact) mass is 375 g/mol. The van der Waals surface area contributed by atoms with Gasteiger partial charge in [0.1, 0.15) is 5.69 Å². The van der Waals surface area contributed by atoms with Crippen molar-refractivity contribution >= 4 is 17.6 Å². The highest BCUT2D eigenvalue weighted by atomic mass is 19.1. The summed E-state index contributed by atoms with van der Waals surface area (Å²) in [5.74, 6) is 0.258. The largest absolute Gasteiger partial charge is 0.390 e. The summed E-state index contributed by atoms with van der Waals surface area (Å²) in [6, 6.07) is 3.09. The van der Waals surface area contributed by atoms with E-state index in [0.717, 1.165) is 18.5 Å². The Morgan fingerprint density at radius 3 is 2.67 bits per heavy atom.